The number of hydrogen-bond donors (Lipinski definition) is 0. The van der Waals surface area contributed by atoms with E-state index in [9.17, 15) is 4.79 Å². The first-order valence-electron chi connectivity index (χ1n) is 9.32. The number of rotatable bonds is 2. The molecule has 8 unspecified atom stereocenters. The number of carbonyl (C=O) groups is 1. The Balaban J connectivity index is 1.68. The third kappa shape index (κ3) is 2.19. The van der Waals surface area contributed by atoms with Gasteiger partial charge in [0.25, 0.3) is 0 Å². The lowest BCUT2D eigenvalue weighted by atomic mass is 9.52. The van der Waals surface area contributed by atoms with Gasteiger partial charge in [0.1, 0.15) is 5.78 Å². The summed E-state index contributed by atoms with van der Waals surface area (Å²) >= 11 is 0. The van der Waals surface area contributed by atoms with Crippen LogP contribution in [0.1, 0.15) is 51.4 Å². The summed E-state index contributed by atoms with van der Waals surface area (Å²) in [5, 5.41) is 0. The van der Waals surface area contributed by atoms with E-state index in [0.29, 0.717) is 23.5 Å². The molecule has 0 bridgehead atoms. The van der Waals surface area contributed by atoms with E-state index in [1.165, 1.54) is 32.1 Å². The number of hydrogen-bond acceptors (Lipinski definition) is 3. The van der Waals surface area contributed by atoms with Gasteiger partial charge < -0.3 is 9.47 Å². The molecule has 0 N–H and O–H groups in total. The van der Waals surface area contributed by atoms with Gasteiger partial charge in [0.15, 0.2) is 0 Å². The maximum absolute atomic E-state index is 12.0. The molecule has 3 heteroatoms. The van der Waals surface area contributed by atoms with Crippen molar-refractivity contribution in [1.29, 1.82) is 0 Å². The quantitative estimate of drug-likeness (QED) is 0.784. The Morgan fingerprint density at radius 2 is 1.64 bits per heavy atom. The second-order valence-electron chi connectivity index (χ2n) is 8.18. The van der Waals surface area contributed by atoms with Gasteiger partial charge in [0.2, 0.25) is 0 Å². The van der Waals surface area contributed by atoms with Gasteiger partial charge in [0, 0.05) is 27.1 Å². The van der Waals surface area contributed by atoms with E-state index in [-0.39, 0.29) is 12.2 Å². The van der Waals surface area contributed by atoms with E-state index in [0.717, 1.165) is 37.0 Å². The Hall–Kier alpha value is -0.410. The highest BCUT2D eigenvalue weighted by Crippen LogP contribution is 2.58. The zero-order valence-electron chi connectivity index (χ0n) is 14.0. The fraction of sp³-hybridized carbons (Fsp3) is 0.947. The van der Waals surface area contributed by atoms with Gasteiger partial charge in [-0.2, -0.15) is 0 Å². The highest BCUT2D eigenvalue weighted by molar-refractivity contribution is 5.79. The highest BCUT2D eigenvalue weighted by atomic mass is 16.5. The lowest BCUT2D eigenvalue weighted by Gasteiger charge is -2.57. The van der Waals surface area contributed by atoms with Crippen molar-refractivity contribution in [2.24, 2.45) is 35.5 Å². The van der Waals surface area contributed by atoms with Crippen LogP contribution in [0, 0.1) is 35.5 Å². The molecule has 0 saturated heterocycles. The SMILES string of the molecule is COC1C2CC(=O)CCC2C2CCC3CCCC3C2C1OC. The van der Waals surface area contributed by atoms with Crippen LogP contribution in [0.25, 0.3) is 0 Å². The second-order valence-corrected chi connectivity index (χ2v) is 8.18. The minimum atomic E-state index is 0.125. The van der Waals surface area contributed by atoms with Crippen LogP contribution >= 0.6 is 0 Å². The zero-order chi connectivity index (χ0) is 15.3. The van der Waals surface area contributed by atoms with Gasteiger partial charge in [0.05, 0.1) is 12.2 Å². The molecule has 0 heterocycles. The first kappa shape index (κ1) is 15.1. The van der Waals surface area contributed by atoms with Crippen molar-refractivity contribution in [3.05, 3.63) is 0 Å². The Bertz CT molecular complexity index is 426. The van der Waals surface area contributed by atoms with Crippen LogP contribution in [0.15, 0.2) is 0 Å². The topological polar surface area (TPSA) is 35.5 Å². The van der Waals surface area contributed by atoms with Crippen molar-refractivity contribution in [3.8, 4) is 0 Å². The smallest absolute Gasteiger partial charge is 0.133 e. The molecule has 4 aliphatic carbocycles. The molecule has 0 aromatic heterocycles. The Morgan fingerprint density at radius 1 is 0.818 bits per heavy atom. The van der Waals surface area contributed by atoms with E-state index in [2.05, 4.69) is 0 Å². The molecule has 4 aliphatic rings. The van der Waals surface area contributed by atoms with Gasteiger partial charge in [-0.25, -0.2) is 0 Å². The van der Waals surface area contributed by atoms with E-state index in [1.807, 2.05) is 14.2 Å². The zero-order valence-corrected chi connectivity index (χ0v) is 14.0. The first-order chi connectivity index (χ1) is 10.7. The predicted octanol–water partition coefficient (Wildman–Crippen LogP) is 3.46. The summed E-state index contributed by atoms with van der Waals surface area (Å²) in [6.07, 6.45) is 9.93. The molecule has 4 fully saturated rings. The Labute approximate surface area is 134 Å². The van der Waals surface area contributed by atoms with Crippen molar-refractivity contribution in [2.75, 3.05) is 14.2 Å². The standard InChI is InChI=1S/C19H30O3/c1-21-18-16-10-12(20)7-9-14(16)15-8-6-11-4-3-5-13(11)17(15)19(18)22-2/h11,13-19H,3-10H2,1-2H3. The van der Waals surface area contributed by atoms with Crippen LogP contribution in [0.4, 0.5) is 0 Å². The van der Waals surface area contributed by atoms with E-state index < -0.39 is 0 Å². The third-order valence-electron chi connectivity index (χ3n) is 7.57. The second kappa shape index (κ2) is 5.90. The van der Waals surface area contributed by atoms with Gasteiger partial charge in [-0.05, 0) is 61.2 Å². The van der Waals surface area contributed by atoms with Crippen molar-refractivity contribution in [2.45, 2.75) is 63.6 Å². The minimum Gasteiger partial charge on any atom is -0.378 e. The summed E-state index contributed by atoms with van der Waals surface area (Å²) in [7, 11) is 3.68. The van der Waals surface area contributed by atoms with Crippen LogP contribution in [-0.4, -0.2) is 32.2 Å². The van der Waals surface area contributed by atoms with Crippen LogP contribution in [-0.2, 0) is 14.3 Å². The summed E-state index contributed by atoms with van der Waals surface area (Å²) in [4.78, 5) is 12.0. The molecule has 0 aliphatic heterocycles. The molecule has 8 atom stereocenters. The average Bonchev–Trinajstić information content (AvgIpc) is 3.01. The summed E-state index contributed by atoms with van der Waals surface area (Å²) in [5.74, 6) is 4.75. The molecule has 0 aromatic carbocycles. The number of ketones is 1. The molecule has 0 aromatic rings. The van der Waals surface area contributed by atoms with Crippen LogP contribution in [0.2, 0.25) is 0 Å². The van der Waals surface area contributed by atoms with Gasteiger partial charge in [-0.15, -0.1) is 0 Å². The summed E-state index contributed by atoms with van der Waals surface area (Å²) < 4.78 is 12.0. The molecular formula is C19H30O3. The molecule has 124 valence electrons. The number of carbonyl (C=O) groups excluding carboxylic acids is 1. The summed E-state index contributed by atoms with van der Waals surface area (Å²) in [6.45, 7) is 0. The molecule has 4 saturated carbocycles. The minimum absolute atomic E-state index is 0.125. The predicted molar refractivity (Wildman–Crippen MR) is 84.5 cm³/mol. The number of methoxy groups -OCH3 is 2. The fourth-order valence-electron chi connectivity index (χ4n) is 6.85. The maximum atomic E-state index is 12.0. The van der Waals surface area contributed by atoms with E-state index in [4.69, 9.17) is 9.47 Å². The third-order valence-corrected chi connectivity index (χ3v) is 7.57. The summed E-state index contributed by atoms with van der Waals surface area (Å²) in [6, 6.07) is 0. The van der Waals surface area contributed by atoms with E-state index >= 15 is 0 Å². The number of fused-ring (bicyclic) bond motifs is 5. The van der Waals surface area contributed by atoms with Gasteiger partial charge in [-0.3, -0.25) is 4.79 Å². The maximum Gasteiger partial charge on any atom is 0.133 e. The largest absolute Gasteiger partial charge is 0.378 e. The van der Waals surface area contributed by atoms with Crippen molar-refractivity contribution in [1.82, 2.24) is 0 Å². The first-order valence-corrected chi connectivity index (χ1v) is 9.32. The molecule has 3 nitrogen and oxygen atoms in total. The van der Waals surface area contributed by atoms with E-state index in [1.54, 1.807) is 0 Å². The number of ether oxygens (including phenoxy) is 2. The lowest BCUT2D eigenvalue weighted by molar-refractivity contribution is -0.189. The lowest BCUT2D eigenvalue weighted by Crippen LogP contribution is -2.59. The van der Waals surface area contributed by atoms with Gasteiger partial charge in [-0.1, -0.05) is 12.8 Å². The molecule has 22 heavy (non-hydrogen) atoms. The molecule has 4 rings (SSSR count). The van der Waals surface area contributed by atoms with Crippen LogP contribution in [0.3, 0.4) is 0 Å². The monoisotopic (exact) mass is 306 g/mol. The van der Waals surface area contributed by atoms with Crippen LogP contribution < -0.4 is 0 Å². The Kier molecular flexibility index (Phi) is 4.06. The Morgan fingerprint density at radius 3 is 2.41 bits per heavy atom. The highest BCUT2D eigenvalue weighted by Gasteiger charge is 2.57. The van der Waals surface area contributed by atoms with Crippen molar-refractivity contribution in [3.63, 3.8) is 0 Å². The number of Topliss-reactive ketones (excluding diaryl/α,β-unsaturated/α-hetero) is 1. The molecule has 0 radical (unpaired) electrons. The fourth-order valence-corrected chi connectivity index (χ4v) is 6.85. The summed E-state index contributed by atoms with van der Waals surface area (Å²) in [5.41, 5.74) is 0. The van der Waals surface area contributed by atoms with Crippen molar-refractivity contribution >= 4 is 5.78 Å². The van der Waals surface area contributed by atoms with Gasteiger partial charge >= 0.3 is 0 Å². The van der Waals surface area contributed by atoms with Crippen molar-refractivity contribution < 1.29 is 14.3 Å². The van der Waals surface area contributed by atoms with Crippen LogP contribution in [0.5, 0.6) is 0 Å². The average molecular weight is 306 g/mol. The molecule has 0 spiro atoms. The normalized spacial score (nSPS) is 51.1. The molecular weight excluding hydrogens is 276 g/mol. The molecule has 0 amide bonds.